The minimum Gasteiger partial charge on any atom is -0.394 e. The zero-order chi connectivity index (χ0) is 39.9. The molecule has 19 nitrogen and oxygen atoms in total. The van der Waals surface area contributed by atoms with Crippen molar-refractivity contribution in [1.82, 2.24) is 5.32 Å². The Morgan fingerprint density at radius 1 is 0.593 bits per heavy atom. The van der Waals surface area contributed by atoms with Crippen LogP contribution in [0.15, 0.2) is 0 Å². The first kappa shape index (κ1) is 47.2. The van der Waals surface area contributed by atoms with Crippen LogP contribution >= 0.6 is 0 Å². The Bertz CT molecular complexity index is 1040. The predicted molar refractivity (Wildman–Crippen MR) is 185 cm³/mol. The molecular formula is C35H65NO18. The number of nitrogens with one attached hydrogen (secondary N) is 1. The number of aliphatic hydroxyl groups excluding tert-OH is 11. The smallest absolute Gasteiger partial charge is 0.220 e. The molecule has 0 aromatic rings. The molecule has 0 aromatic heterocycles. The lowest BCUT2D eigenvalue weighted by Crippen LogP contribution is -2.66. The zero-order valence-corrected chi connectivity index (χ0v) is 31.2. The molecule has 0 aliphatic carbocycles. The normalized spacial score (nSPS) is 38.6. The van der Waals surface area contributed by atoms with E-state index in [1.165, 1.54) is 0 Å². The number of rotatable bonds is 23. The fraction of sp³-hybridized carbons (Fsp3) is 0.971. The molecule has 3 saturated heterocycles. The molecule has 318 valence electrons. The quantitative estimate of drug-likeness (QED) is 0.0450. The van der Waals surface area contributed by atoms with Gasteiger partial charge in [-0.25, -0.2) is 0 Å². The molecule has 3 aliphatic heterocycles. The van der Waals surface area contributed by atoms with Crippen LogP contribution < -0.4 is 5.32 Å². The molecule has 17 atom stereocenters. The molecule has 17 unspecified atom stereocenters. The van der Waals surface area contributed by atoms with Gasteiger partial charge in [0.1, 0.15) is 73.2 Å². The minimum atomic E-state index is -1.96. The first-order valence-electron chi connectivity index (χ1n) is 19.3. The third-order valence-corrected chi connectivity index (χ3v) is 10.2. The third-order valence-electron chi connectivity index (χ3n) is 10.2. The minimum absolute atomic E-state index is 0.252. The van der Waals surface area contributed by atoms with E-state index in [2.05, 4.69) is 12.2 Å². The average molecular weight is 788 g/mol. The number of ether oxygens (including phenoxy) is 6. The van der Waals surface area contributed by atoms with Gasteiger partial charge in [0.2, 0.25) is 5.91 Å². The number of hydrogen-bond donors (Lipinski definition) is 12. The molecule has 19 heteroatoms. The van der Waals surface area contributed by atoms with Gasteiger partial charge < -0.3 is 89.9 Å². The van der Waals surface area contributed by atoms with E-state index in [1.807, 2.05) is 6.92 Å². The third kappa shape index (κ3) is 12.9. The maximum atomic E-state index is 12.7. The Balaban J connectivity index is 1.64. The second-order valence-electron chi connectivity index (χ2n) is 14.4. The highest BCUT2D eigenvalue weighted by molar-refractivity contribution is 5.76. The van der Waals surface area contributed by atoms with E-state index in [1.54, 1.807) is 0 Å². The van der Waals surface area contributed by atoms with Crippen molar-refractivity contribution in [2.45, 2.75) is 189 Å². The molecule has 54 heavy (non-hydrogen) atoms. The van der Waals surface area contributed by atoms with Gasteiger partial charge in [0.25, 0.3) is 0 Å². The van der Waals surface area contributed by atoms with Crippen molar-refractivity contribution in [3.63, 3.8) is 0 Å². The van der Waals surface area contributed by atoms with E-state index in [0.29, 0.717) is 12.8 Å². The zero-order valence-electron chi connectivity index (χ0n) is 31.2. The first-order chi connectivity index (χ1) is 25.8. The van der Waals surface area contributed by atoms with Crippen LogP contribution in [0.3, 0.4) is 0 Å². The highest BCUT2D eigenvalue weighted by atomic mass is 16.8. The van der Waals surface area contributed by atoms with E-state index < -0.39 is 124 Å². The van der Waals surface area contributed by atoms with Crippen molar-refractivity contribution in [1.29, 1.82) is 0 Å². The van der Waals surface area contributed by atoms with Crippen molar-refractivity contribution in [3.05, 3.63) is 0 Å². The van der Waals surface area contributed by atoms with E-state index in [9.17, 15) is 61.0 Å². The van der Waals surface area contributed by atoms with Crippen LogP contribution in [0, 0.1) is 0 Å². The molecule has 3 heterocycles. The van der Waals surface area contributed by atoms with Gasteiger partial charge in [0, 0.05) is 6.42 Å². The molecule has 0 bridgehead atoms. The number of carbonyl (C=O) groups excluding carboxylic acids is 1. The highest BCUT2D eigenvalue weighted by Crippen LogP contribution is 2.32. The van der Waals surface area contributed by atoms with Crippen molar-refractivity contribution in [3.8, 4) is 0 Å². The maximum absolute atomic E-state index is 12.7. The maximum Gasteiger partial charge on any atom is 0.220 e. The molecule has 0 radical (unpaired) electrons. The molecule has 3 aliphatic rings. The summed E-state index contributed by atoms with van der Waals surface area (Å²) in [6.45, 7) is 1.43. The topological polar surface area (TPSA) is 307 Å². The standard InChI is InChI=1S/C35H65NO18/c1-3-5-7-8-9-11-12-19(40)18(36-23(41)13-10-6-4-2)17-49-33-29(47)26(44)31(21(15-38)51-33)54-35-30(48)27(45)32(22(16-39)52-35)53-34-28(46)25(43)24(42)20(14-37)50-34/h18-22,24-35,37-40,42-48H,3-17H2,1-2H3,(H,36,41). The second kappa shape index (κ2) is 23.9. The Morgan fingerprint density at radius 2 is 1.06 bits per heavy atom. The predicted octanol–water partition coefficient (Wildman–Crippen LogP) is -3.37. The SMILES string of the molecule is CCCCCCCCC(O)C(COC1OC(CO)C(OC2OC(CO)C(OC3OC(CO)C(O)C(O)C3O)C(O)C2O)C(O)C1O)NC(=O)CCCCC. The van der Waals surface area contributed by atoms with Crippen LogP contribution in [0.5, 0.6) is 0 Å². The summed E-state index contributed by atoms with van der Waals surface area (Å²) in [5.41, 5.74) is 0. The van der Waals surface area contributed by atoms with Crippen molar-refractivity contribution in [2.24, 2.45) is 0 Å². The molecule has 12 N–H and O–H groups in total. The summed E-state index contributed by atoms with van der Waals surface area (Å²) in [5.74, 6) is -0.277. The van der Waals surface area contributed by atoms with Crippen LogP contribution in [0.2, 0.25) is 0 Å². The second-order valence-corrected chi connectivity index (χ2v) is 14.4. The molecule has 3 fully saturated rings. The van der Waals surface area contributed by atoms with E-state index >= 15 is 0 Å². The van der Waals surface area contributed by atoms with Gasteiger partial charge in [-0.15, -0.1) is 0 Å². The number of carbonyl (C=O) groups is 1. The van der Waals surface area contributed by atoms with Crippen LogP contribution in [0.1, 0.15) is 84.5 Å². The molecule has 0 spiro atoms. The fourth-order valence-corrected chi connectivity index (χ4v) is 6.78. The van der Waals surface area contributed by atoms with Gasteiger partial charge in [0.15, 0.2) is 18.9 Å². The Labute approximate surface area is 315 Å². The lowest BCUT2D eigenvalue weighted by atomic mass is 9.96. The van der Waals surface area contributed by atoms with E-state index in [-0.39, 0.29) is 18.9 Å². The summed E-state index contributed by atoms with van der Waals surface area (Å²) >= 11 is 0. The highest BCUT2D eigenvalue weighted by Gasteiger charge is 2.53. The molecule has 3 rings (SSSR count). The first-order valence-corrected chi connectivity index (χ1v) is 19.3. The average Bonchev–Trinajstić information content (AvgIpc) is 3.16. The van der Waals surface area contributed by atoms with Crippen molar-refractivity contribution >= 4 is 5.91 Å². The van der Waals surface area contributed by atoms with Gasteiger partial charge >= 0.3 is 0 Å². The summed E-state index contributed by atoms with van der Waals surface area (Å²) in [5, 5.41) is 118. The van der Waals surface area contributed by atoms with Crippen molar-refractivity contribution in [2.75, 3.05) is 26.4 Å². The van der Waals surface area contributed by atoms with Crippen LogP contribution in [0.25, 0.3) is 0 Å². The lowest BCUT2D eigenvalue weighted by molar-refractivity contribution is -0.379. The van der Waals surface area contributed by atoms with Crippen molar-refractivity contribution < 1.29 is 89.4 Å². The fourth-order valence-electron chi connectivity index (χ4n) is 6.78. The number of aliphatic hydroxyl groups is 11. The summed E-state index contributed by atoms with van der Waals surface area (Å²) < 4.78 is 33.7. The summed E-state index contributed by atoms with van der Waals surface area (Å²) in [4.78, 5) is 12.7. The molecule has 0 saturated carbocycles. The molecular weight excluding hydrogens is 722 g/mol. The monoisotopic (exact) mass is 787 g/mol. The van der Waals surface area contributed by atoms with Gasteiger partial charge in [-0.2, -0.15) is 0 Å². The van der Waals surface area contributed by atoms with E-state index in [0.717, 1.165) is 51.4 Å². The summed E-state index contributed by atoms with van der Waals surface area (Å²) in [7, 11) is 0. The Kier molecular flexibility index (Phi) is 20.9. The van der Waals surface area contributed by atoms with Gasteiger partial charge in [-0.3, -0.25) is 4.79 Å². The summed E-state index contributed by atoms with van der Waals surface area (Å²) in [6.07, 6.45) is -17.3. The largest absolute Gasteiger partial charge is 0.394 e. The summed E-state index contributed by atoms with van der Waals surface area (Å²) in [6, 6.07) is -0.870. The number of unbranched alkanes of at least 4 members (excludes halogenated alkanes) is 7. The van der Waals surface area contributed by atoms with Gasteiger partial charge in [0.05, 0.1) is 38.6 Å². The number of amides is 1. The van der Waals surface area contributed by atoms with Gasteiger partial charge in [-0.1, -0.05) is 65.2 Å². The van der Waals surface area contributed by atoms with Crippen LogP contribution in [-0.4, -0.2) is 193 Å². The Hall–Kier alpha value is -1.21. The molecule has 1 amide bonds. The van der Waals surface area contributed by atoms with E-state index in [4.69, 9.17) is 28.4 Å². The number of hydrogen-bond acceptors (Lipinski definition) is 18. The van der Waals surface area contributed by atoms with Crippen LogP contribution in [0.4, 0.5) is 0 Å². The molecule has 0 aromatic carbocycles. The van der Waals surface area contributed by atoms with Gasteiger partial charge in [-0.05, 0) is 12.8 Å². The Morgan fingerprint density at radius 3 is 1.61 bits per heavy atom. The lowest BCUT2D eigenvalue weighted by Gasteiger charge is -2.48. The van der Waals surface area contributed by atoms with Crippen LogP contribution in [-0.2, 0) is 33.2 Å².